The summed E-state index contributed by atoms with van der Waals surface area (Å²) in [6.45, 7) is 0.696. The van der Waals surface area contributed by atoms with Crippen molar-refractivity contribution in [3.05, 3.63) is 35.5 Å². The fourth-order valence-corrected chi connectivity index (χ4v) is 3.74. The van der Waals surface area contributed by atoms with Crippen LogP contribution in [0.15, 0.2) is 24.4 Å². The molecule has 0 aliphatic heterocycles. The van der Waals surface area contributed by atoms with Crippen molar-refractivity contribution in [1.82, 2.24) is 4.57 Å². The van der Waals surface area contributed by atoms with Gasteiger partial charge in [0, 0.05) is 23.7 Å². The molecule has 4 rings (SSSR count). The molecule has 1 atom stereocenters. The molecule has 2 saturated carbocycles. The van der Waals surface area contributed by atoms with Gasteiger partial charge in [-0.15, -0.1) is 0 Å². The summed E-state index contributed by atoms with van der Waals surface area (Å²) >= 11 is 3.16. The van der Waals surface area contributed by atoms with Gasteiger partial charge in [0.2, 0.25) is 0 Å². The van der Waals surface area contributed by atoms with Crippen LogP contribution in [0, 0.1) is 22.2 Å². The zero-order chi connectivity index (χ0) is 16.0. The number of nitrogens with zero attached hydrogens (tertiary/aromatic N) is 1. The minimum atomic E-state index is 0.195. The third-order valence-electron chi connectivity index (χ3n) is 5.39. The predicted molar refractivity (Wildman–Crippen MR) is 93.3 cm³/mol. The van der Waals surface area contributed by atoms with Crippen LogP contribution in [-0.2, 0) is 0 Å². The molecule has 1 aromatic rings. The fraction of sp³-hybridized carbons (Fsp3) is 0.556. The van der Waals surface area contributed by atoms with Gasteiger partial charge in [-0.1, -0.05) is 12.2 Å². The van der Waals surface area contributed by atoms with Crippen LogP contribution in [0.4, 0.5) is 0 Å². The number of nitrogens with one attached hydrogen (secondary N) is 2. The van der Waals surface area contributed by atoms with E-state index in [1.807, 2.05) is 6.20 Å². The summed E-state index contributed by atoms with van der Waals surface area (Å²) in [5.41, 5.74) is 1.98. The van der Waals surface area contributed by atoms with Gasteiger partial charge in [-0.25, -0.2) is 0 Å². The van der Waals surface area contributed by atoms with Crippen LogP contribution in [0.25, 0.3) is 0 Å². The zero-order valence-electron chi connectivity index (χ0n) is 13.1. The summed E-state index contributed by atoms with van der Waals surface area (Å²) in [4.78, 5) is 0. The first-order valence-electron chi connectivity index (χ1n) is 8.44. The molecular formula is C18H22BrN3O. The largest absolute Gasteiger partial charge is 0.492 e. The van der Waals surface area contributed by atoms with Crippen molar-refractivity contribution < 1.29 is 4.74 Å². The molecular weight excluding hydrogens is 354 g/mol. The molecule has 2 fully saturated rings. The Hall–Kier alpha value is -1.36. The highest BCUT2D eigenvalue weighted by atomic mass is 79.9. The summed E-state index contributed by atoms with van der Waals surface area (Å²) in [5, 5.41) is 15.8. The van der Waals surface area contributed by atoms with Crippen LogP contribution >= 0.6 is 15.9 Å². The number of allylic oxidation sites excluding steroid dienone is 1. The van der Waals surface area contributed by atoms with Gasteiger partial charge in [0.25, 0.3) is 0 Å². The maximum absolute atomic E-state index is 8.08. The van der Waals surface area contributed by atoms with Crippen molar-refractivity contribution in [1.29, 1.82) is 10.8 Å². The summed E-state index contributed by atoms with van der Waals surface area (Å²) in [5.74, 6) is 1.85. The van der Waals surface area contributed by atoms with Crippen molar-refractivity contribution in [2.24, 2.45) is 11.3 Å². The Morgan fingerprint density at radius 2 is 2.09 bits per heavy atom. The van der Waals surface area contributed by atoms with Gasteiger partial charge in [-0.3, -0.25) is 15.4 Å². The van der Waals surface area contributed by atoms with Gasteiger partial charge < -0.3 is 4.74 Å². The van der Waals surface area contributed by atoms with Gasteiger partial charge in [-0.2, -0.15) is 0 Å². The Bertz CT molecular complexity index is 728. The molecule has 0 radical (unpaired) electrons. The number of rotatable bonds is 4. The molecule has 23 heavy (non-hydrogen) atoms. The maximum Gasteiger partial charge on any atom is 0.175 e. The first kappa shape index (κ1) is 15.2. The molecule has 1 aromatic heterocycles. The second-order valence-corrected chi connectivity index (χ2v) is 8.00. The molecule has 3 aliphatic carbocycles. The number of ether oxygens (including phenoxy) is 1. The molecule has 0 bridgehead atoms. The normalized spacial score (nSPS) is 24.7. The summed E-state index contributed by atoms with van der Waals surface area (Å²) in [6.07, 6.45) is 14.2. The van der Waals surface area contributed by atoms with E-state index in [9.17, 15) is 0 Å². The lowest BCUT2D eigenvalue weighted by Gasteiger charge is -2.23. The first-order chi connectivity index (χ1) is 11.1. The van der Waals surface area contributed by atoms with E-state index in [1.165, 1.54) is 38.5 Å². The zero-order valence-corrected chi connectivity index (χ0v) is 14.7. The Balaban J connectivity index is 1.51. The molecule has 1 unspecified atom stereocenters. The molecule has 3 aliphatic rings. The fourth-order valence-electron chi connectivity index (χ4n) is 3.44. The van der Waals surface area contributed by atoms with E-state index in [0.717, 1.165) is 11.3 Å². The lowest BCUT2D eigenvalue weighted by atomic mass is 9.87. The molecule has 0 aromatic carbocycles. The Morgan fingerprint density at radius 3 is 2.65 bits per heavy atom. The van der Waals surface area contributed by atoms with Gasteiger partial charge in [0.15, 0.2) is 4.74 Å². The van der Waals surface area contributed by atoms with E-state index < -0.39 is 0 Å². The van der Waals surface area contributed by atoms with Crippen LogP contribution in [0.5, 0.6) is 5.75 Å². The maximum atomic E-state index is 8.08. The first-order valence-corrected chi connectivity index (χ1v) is 9.23. The van der Waals surface area contributed by atoms with Crippen LogP contribution < -0.4 is 10.2 Å². The number of halogens is 1. The topological polar surface area (TPSA) is 61.9 Å². The van der Waals surface area contributed by atoms with Gasteiger partial charge >= 0.3 is 0 Å². The smallest absolute Gasteiger partial charge is 0.175 e. The highest BCUT2D eigenvalue weighted by Gasteiger charge is 2.41. The third kappa shape index (κ3) is 3.16. The summed E-state index contributed by atoms with van der Waals surface area (Å²) in [6, 6.07) is 1.76. The van der Waals surface area contributed by atoms with E-state index >= 15 is 0 Å². The number of hydrogen-bond donors (Lipinski definition) is 2. The van der Waals surface area contributed by atoms with E-state index in [2.05, 4.69) is 28.1 Å². The molecule has 1 spiro atoms. The summed E-state index contributed by atoms with van der Waals surface area (Å²) in [7, 11) is 0. The van der Waals surface area contributed by atoms with Crippen LogP contribution in [-0.4, -0.2) is 15.9 Å². The van der Waals surface area contributed by atoms with E-state index in [-0.39, 0.29) is 10.2 Å². The second kappa shape index (κ2) is 5.62. The predicted octanol–water partition coefficient (Wildman–Crippen LogP) is 4.15. The monoisotopic (exact) mass is 375 g/mol. The average Bonchev–Trinajstić information content (AvgIpc) is 3.43. The van der Waals surface area contributed by atoms with Crippen molar-refractivity contribution >= 4 is 20.7 Å². The molecule has 0 amide bonds. The Labute approximate surface area is 144 Å². The minimum Gasteiger partial charge on any atom is -0.492 e. The SMILES string of the molecule is N=C(Br)n1cc(C2CC2)c(OCC2C=CC3(CC2)CC3)cc1=N. The summed E-state index contributed by atoms with van der Waals surface area (Å²) < 4.78 is 7.86. The van der Waals surface area contributed by atoms with Crippen molar-refractivity contribution in [2.45, 2.75) is 44.4 Å². The van der Waals surface area contributed by atoms with Gasteiger partial charge in [-0.05, 0) is 65.8 Å². The standard InChI is InChI=1S/C18H22BrN3O/c19-17(21)22-10-14(13-1-2-13)15(9-16(22)20)23-11-12-3-5-18(6-4-12)7-8-18/h3,5,9-10,12-13,20-21H,1-2,4,6-8,11H2. The number of aromatic nitrogens is 1. The Kier molecular flexibility index (Phi) is 3.71. The van der Waals surface area contributed by atoms with E-state index in [1.54, 1.807) is 10.6 Å². The third-order valence-corrected chi connectivity index (χ3v) is 5.77. The molecule has 0 saturated heterocycles. The molecule has 2 N–H and O–H groups in total. The van der Waals surface area contributed by atoms with Gasteiger partial charge in [0.1, 0.15) is 11.2 Å². The van der Waals surface area contributed by atoms with Crippen molar-refractivity contribution in [3.8, 4) is 5.75 Å². The van der Waals surface area contributed by atoms with E-state index in [4.69, 9.17) is 15.6 Å². The van der Waals surface area contributed by atoms with Crippen LogP contribution in [0.3, 0.4) is 0 Å². The minimum absolute atomic E-state index is 0.195. The lowest BCUT2D eigenvalue weighted by molar-refractivity contribution is 0.251. The highest BCUT2D eigenvalue weighted by molar-refractivity contribution is 9.18. The molecule has 1 heterocycles. The van der Waals surface area contributed by atoms with Crippen molar-refractivity contribution in [2.75, 3.05) is 6.61 Å². The number of hydrogen-bond acceptors (Lipinski definition) is 3. The highest BCUT2D eigenvalue weighted by Crippen LogP contribution is 2.53. The van der Waals surface area contributed by atoms with E-state index in [0.29, 0.717) is 23.9 Å². The molecule has 5 heteroatoms. The average molecular weight is 376 g/mol. The van der Waals surface area contributed by atoms with Gasteiger partial charge in [0.05, 0.1) is 6.61 Å². The van der Waals surface area contributed by atoms with Crippen molar-refractivity contribution in [3.63, 3.8) is 0 Å². The Morgan fingerprint density at radius 1 is 1.30 bits per heavy atom. The van der Waals surface area contributed by atoms with Crippen LogP contribution in [0.2, 0.25) is 0 Å². The molecule has 122 valence electrons. The lowest BCUT2D eigenvalue weighted by Crippen LogP contribution is -2.24. The van der Waals surface area contributed by atoms with Crippen LogP contribution in [0.1, 0.15) is 50.0 Å². The second-order valence-electron chi connectivity index (χ2n) is 7.24. The number of pyridine rings is 1. The molecule has 4 nitrogen and oxygen atoms in total. The quantitative estimate of drug-likeness (QED) is 0.463.